The normalized spacial score (nSPS) is 32.9. The maximum absolute atomic E-state index is 14.8. The molecule has 3 heteroatoms. The molecule has 3 aliphatic rings. The molecular formula is C30H45FO2. The Morgan fingerprint density at radius 2 is 1.45 bits per heavy atom. The van der Waals surface area contributed by atoms with Crippen molar-refractivity contribution in [3.05, 3.63) is 35.1 Å². The van der Waals surface area contributed by atoms with Crippen molar-refractivity contribution < 1.29 is 13.9 Å². The predicted molar refractivity (Wildman–Crippen MR) is 133 cm³/mol. The molecule has 0 amide bonds. The lowest BCUT2D eigenvalue weighted by Crippen LogP contribution is -2.30. The maximum Gasteiger partial charge on any atom is 0.341 e. The summed E-state index contributed by atoms with van der Waals surface area (Å²) >= 11 is 0. The first-order valence-electron chi connectivity index (χ1n) is 14.1. The van der Waals surface area contributed by atoms with Gasteiger partial charge in [-0.15, -0.1) is 0 Å². The molecule has 3 fully saturated rings. The second-order valence-corrected chi connectivity index (χ2v) is 11.4. The average molecular weight is 457 g/mol. The van der Waals surface area contributed by atoms with Gasteiger partial charge in [-0.05, 0) is 111 Å². The molecule has 184 valence electrons. The van der Waals surface area contributed by atoms with Crippen LogP contribution in [0.4, 0.5) is 4.39 Å². The van der Waals surface area contributed by atoms with E-state index in [1.165, 1.54) is 57.8 Å². The molecule has 0 spiro atoms. The van der Waals surface area contributed by atoms with Crippen LogP contribution in [0.15, 0.2) is 18.2 Å². The van der Waals surface area contributed by atoms with Crippen LogP contribution in [0.25, 0.3) is 0 Å². The summed E-state index contributed by atoms with van der Waals surface area (Å²) in [6.45, 7) is 4.56. The van der Waals surface area contributed by atoms with Crippen LogP contribution in [0.5, 0.6) is 0 Å². The summed E-state index contributed by atoms with van der Waals surface area (Å²) in [4.78, 5) is 12.7. The van der Waals surface area contributed by atoms with Crippen molar-refractivity contribution in [2.75, 3.05) is 0 Å². The van der Waals surface area contributed by atoms with Gasteiger partial charge in [-0.1, -0.05) is 52.0 Å². The third-order valence-electron chi connectivity index (χ3n) is 9.36. The van der Waals surface area contributed by atoms with Crippen LogP contribution in [0.2, 0.25) is 0 Å². The lowest BCUT2D eigenvalue weighted by molar-refractivity contribution is 0.0105. The zero-order valence-electron chi connectivity index (χ0n) is 21.0. The highest BCUT2D eigenvalue weighted by Crippen LogP contribution is 2.42. The van der Waals surface area contributed by atoms with Crippen molar-refractivity contribution in [2.45, 2.75) is 122 Å². The number of halogens is 1. The first kappa shape index (κ1) is 24.7. The average Bonchev–Trinajstić information content (AvgIpc) is 2.85. The summed E-state index contributed by atoms with van der Waals surface area (Å²) in [6.07, 6.45) is 18.4. The zero-order valence-corrected chi connectivity index (χ0v) is 21.0. The molecule has 0 N–H and O–H groups in total. The summed E-state index contributed by atoms with van der Waals surface area (Å²) in [6, 6.07) is 5.22. The predicted octanol–water partition coefficient (Wildman–Crippen LogP) is 8.83. The van der Waals surface area contributed by atoms with E-state index in [4.69, 9.17) is 4.74 Å². The van der Waals surface area contributed by atoms with Gasteiger partial charge < -0.3 is 4.74 Å². The van der Waals surface area contributed by atoms with E-state index in [0.29, 0.717) is 5.92 Å². The van der Waals surface area contributed by atoms with Gasteiger partial charge in [-0.3, -0.25) is 0 Å². The smallest absolute Gasteiger partial charge is 0.341 e. The molecular weight excluding hydrogens is 411 g/mol. The minimum atomic E-state index is -0.475. The highest BCUT2D eigenvalue weighted by molar-refractivity contribution is 5.89. The molecule has 0 bridgehead atoms. The molecule has 0 radical (unpaired) electrons. The summed E-state index contributed by atoms with van der Waals surface area (Å²) in [5.74, 6) is 2.99. The Bertz CT molecular complexity index is 751. The topological polar surface area (TPSA) is 26.3 Å². The molecule has 1 aromatic rings. The van der Waals surface area contributed by atoms with E-state index in [9.17, 15) is 9.18 Å². The number of esters is 1. The SMILES string of the molecule is CCCC1CCC(C2CCC(OC(=O)c3ccc(C4CCC(CC)CC4)cc3F)CC2)CC1. The van der Waals surface area contributed by atoms with Crippen LogP contribution in [0, 0.1) is 29.5 Å². The molecule has 3 saturated carbocycles. The van der Waals surface area contributed by atoms with Crippen molar-refractivity contribution in [2.24, 2.45) is 23.7 Å². The first-order chi connectivity index (χ1) is 16.1. The van der Waals surface area contributed by atoms with Crippen LogP contribution in [-0.2, 0) is 4.74 Å². The Kier molecular flexibility index (Phi) is 8.88. The molecule has 1 aromatic carbocycles. The van der Waals surface area contributed by atoms with E-state index < -0.39 is 11.8 Å². The fraction of sp³-hybridized carbons (Fsp3) is 0.767. The number of hydrogen-bond acceptors (Lipinski definition) is 2. The molecule has 0 atom stereocenters. The second kappa shape index (κ2) is 11.8. The molecule has 2 nitrogen and oxygen atoms in total. The Hall–Kier alpha value is -1.38. The van der Waals surface area contributed by atoms with Gasteiger partial charge in [0.05, 0.1) is 5.56 Å². The van der Waals surface area contributed by atoms with E-state index in [1.807, 2.05) is 6.07 Å². The Morgan fingerprint density at radius 3 is 2.03 bits per heavy atom. The molecule has 33 heavy (non-hydrogen) atoms. The molecule has 0 saturated heterocycles. The highest BCUT2D eigenvalue weighted by atomic mass is 19.1. The summed E-state index contributed by atoms with van der Waals surface area (Å²) in [5, 5.41) is 0. The van der Waals surface area contributed by atoms with Crippen LogP contribution in [0.3, 0.4) is 0 Å². The van der Waals surface area contributed by atoms with Crippen molar-refractivity contribution in [1.82, 2.24) is 0 Å². The number of rotatable bonds is 7. The van der Waals surface area contributed by atoms with Gasteiger partial charge in [0.25, 0.3) is 0 Å². The molecule has 0 heterocycles. The zero-order chi connectivity index (χ0) is 23.2. The van der Waals surface area contributed by atoms with E-state index in [1.54, 1.807) is 12.1 Å². The third-order valence-corrected chi connectivity index (χ3v) is 9.36. The fourth-order valence-electron chi connectivity index (χ4n) is 7.10. The Morgan fingerprint density at radius 1 is 0.848 bits per heavy atom. The monoisotopic (exact) mass is 456 g/mol. The molecule has 0 aromatic heterocycles. The van der Waals surface area contributed by atoms with Gasteiger partial charge in [-0.2, -0.15) is 0 Å². The quantitative estimate of drug-likeness (QED) is 0.383. The lowest BCUT2D eigenvalue weighted by atomic mass is 9.70. The third kappa shape index (κ3) is 6.40. The van der Waals surface area contributed by atoms with Crippen molar-refractivity contribution >= 4 is 5.97 Å². The standard InChI is InChI=1S/C30H45FO2/c1-3-5-22-8-12-23(13-9-22)24-14-17-27(18-15-24)33-30(32)28-19-16-26(20-29(28)31)25-10-6-21(4-2)7-11-25/h16,19-25,27H,3-15,17-18H2,1-2H3. The van der Waals surface area contributed by atoms with Gasteiger partial charge in [0, 0.05) is 0 Å². The van der Waals surface area contributed by atoms with Gasteiger partial charge in [0.1, 0.15) is 11.9 Å². The first-order valence-corrected chi connectivity index (χ1v) is 14.1. The minimum Gasteiger partial charge on any atom is -0.459 e. The van der Waals surface area contributed by atoms with Gasteiger partial charge in [-0.25, -0.2) is 9.18 Å². The van der Waals surface area contributed by atoms with E-state index >= 15 is 0 Å². The molecule has 3 aliphatic carbocycles. The Balaban J connectivity index is 1.24. The summed E-state index contributed by atoms with van der Waals surface area (Å²) < 4.78 is 20.6. The number of benzene rings is 1. The number of ether oxygens (including phenoxy) is 1. The number of carbonyl (C=O) groups is 1. The lowest BCUT2D eigenvalue weighted by Gasteiger charge is -2.37. The summed E-state index contributed by atoms with van der Waals surface area (Å²) in [7, 11) is 0. The molecule has 4 rings (SSSR count). The van der Waals surface area contributed by atoms with E-state index in [0.717, 1.165) is 67.8 Å². The number of carbonyl (C=O) groups excluding carboxylic acids is 1. The maximum atomic E-state index is 14.8. The van der Waals surface area contributed by atoms with Crippen LogP contribution in [-0.4, -0.2) is 12.1 Å². The summed E-state index contributed by atoms with van der Waals surface area (Å²) in [5.41, 5.74) is 1.16. The van der Waals surface area contributed by atoms with Crippen LogP contribution in [0.1, 0.15) is 132 Å². The second-order valence-electron chi connectivity index (χ2n) is 11.4. The van der Waals surface area contributed by atoms with Crippen molar-refractivity contribution in [3.63, 3.8) is 0 Å². The Labute approximate surface area is 201 Å². The van der Waals surface area contributed by atoms with Crippen LogP contribution >= 0.6 is 0 Å². The van der Waals surface area contributed by atoms with Gasteiger partial charge in [0.2, 0.25) is 0 Å². The van der Waals surface area contributed by atoms with Gasteiger partial charge >= 0.3 is 5.97 Å². The van der Waals surface area contributed by atoms with Crippen molar-refractivity contribution in [1.29, 1.82) is 0 Å². The highest BCUT2D eigenvalue weighted by Gasteiger charge is 2.32. The van der Waals surface area contributed by atoms with Gasteiger partial charge in [0.15, 0.2) is 0 Å². The van der Waals surface area contributed by atoms with E-state index in [-0.39, 0.29) is 11.7 Å². The fourth-order valence-corrected chi connectivity index (χ4v) is 7.10. The van der Waals surface area contributed by atoms with Crippen LogP contribution < -0.4 is 0 Å². The molecule has 0 unspecified atom stereocenters. The van der Waals surface area contributed by atoms with Crippen molar-refractivity contribution in [3.8, 4) is 0 Å². The van der Waals surface area contributed by atoms with E-state index in [2.05, 4.69) is 13.8 Å². The molecule has 0 aliphatic heterocycles. The minimum absolute atomic E-state index is 0.0476. The largest absolute Gasteiger partial charge is 0.459 e. The number of hydrogen-bond donors (Lipinski definition) is 0.